The lowest BCUT2D eigenvalue weighted by molar-refractivity contribution is -0.138. The molecule has 1 aliphatic carbocycles. The molecule has 2 aliphatic heterocycles. The summed E-state index contributed by atoms with van der Waals surface area (Å²) in [6, 6.07) is 5.26. The van der Waals surface area contributed by atoms with Crippen molar-refractivity contribution in [1.29, 1.82) is 0 Å². The first-order valence-electron chi connectivity index (χ1n) is 17.5. The second kappa shape index (κ2) is 12.9. The summed E-state index contributed by atoms with van der Waals surface area (Å²) in [5.41, 5.74) is 1.89. The fraction of sp³-hybridized carbons (Fsp3) is 0.553. The molecule has 11 heteroatoms. The first-order chi connectivity index (χ1) is 23.1. The van der Waals surface area contributed by atoms with Crippen molar-refractivity contribution in [2.24, 2.45) is 17.8 Å². The van der Waals surface area contributed by atoms with Crippen LogP contribution in [0.3, 0.4) is 0 Å². The van der Waals surface area contributed by atoms with Crippen molar-refractivity contribution >= 4 is 34.6 Å². The predicted molar refractivity (Wildman–Crippen MR) is 184 cm³/mol. The van der Waals surface area contributed by atoms with Gasteiger partial charge in [0.15, 0.2) is 5.78 Å². The van der Waals surface area contributed by atoms with Gasteiger partial charge in [0, 0.05) is 60.5 Å². The van der Waals surface area contributed by atoms with E-state index in [1.165, 1.54) is 12.1 Å². The highest BCUT2D eigenvalue weighted by molar-refractivity contribution is 6.11. The monoisotopic (exact) mass is 673 g/mol. The Bertz CT molecular complexity index is 1790. The van der Waals surface area contributed by atoms with E-state index in [2.05, 4.69) is 4.98 Å². The van der Waals surface area contributed by atoms with Gasteiger partial charge >= 0.3 is 6.09 Å². The molecule has 3 amide bonds. The number of likely N-dealkylation sites (tertiary alicyclic amines) is 2. The molecular formula is C38H48FN5O5. The smallest absolute Gasteiger partial charge is 0.410 e. The summed E-state index contributed by atoms with van der Waals surface area (Å²) >= 11 is 0. The third kappa shape index (κ3) is 6.44. The van der Waals surface area contributed by atoms with E-state index in [0.717, 1.165) is 6.42 Å². The SMILES string of the molecule is Cc1c(C(=O)C2CCN(C(=O)[C@@H]3[C@H]4C[C@H]4CN3C(=O)OC(C)(C)C)CC2)c2ccncc2n1-c1ccc(F)cc1C(=O)N(C(C)C)C(C)C. The minimum Gasteiger partial charge on any atom is -0.444 e. The fourth-order valence-corrected chi connectivity index (χ4v) is 8.01. The van der Waals surface area contributed by atoms with E-state index in [1.807, 2.05) is 66.0 Å². The molecule has 3 aromatic rings. The van der Waals surface area contributed by atoms with E-state index in [1.54, 1.807) is 33.2 Å². The van der Waals surface area contributed by atoms with E-state index in [-0.39, 0.29) is 47.1 Å². The van der Waals surface area contributed by atoms with Crippen LogP contribution in [0.25, 0.3) is 16.6 Å². The number of rotatable bonds is 7. The molecule has 2 aromatic heterocycles. The van der Waals surface area contributed by atoms with Gasteiger partial charge in [-0.05, 0) is 111 Å². The number of Topliss-reactive ketones (excluding diaryl/α,β-unsaturated/α-hetero) is 1. The van der Waals surface area contributed by atoms with Crippen LogP contribution in [0.4, 0.5) is 9.18 Å². The molecule has 0 bridgehead atoms. The van der Waals surface area contributed by atoms with E-state index < -0.39 is 23.6 Å². The maximum atomic E-state index is 14.7. The van der Waals surface area contributed by atoms with Crippen LogP contribution in [0.1, 0.15) is 94.1 Å². The lowest BCUT2D eigenvalue weighted by Crippen LogP contribution is -2.52. The summed E-state index contributed by atoms with van der Waals surface area (Å²) in [6.45, 7) is 16.4. The predicted octanol–water partition coefficient (Wildman–Crippen LogP) is 6.41. The Kier molecular flexibility index (Phi) is 9.09. The van der Waals surface area contributed by atoms with Crippen molar-refractivity contribution in [3.05, 3.63) is 59.3 Å². The van der Waals surface area contributed by atoms with Crippen LogP contribution >= 0.6 is 0 Å². The van der Waals surface area contributed by atoms with Gasteiger partial charge in [-0.2, -0.15) is 0 Å². The van der Waals surface area contributed by atoms with Crippen molar-refractivity contribution in [2.75, 3.05) is 19.6 Å². The van der Waals surface area contributed by atoms with Gasteiger partial charge in [-0.15, -0.1) is 0 Å². The van der Waals surface area contributed by atoms with Crippen LogP contribution in [-0.4, -0.2) is 91.3 Å². The molecule has 0 spiro atoms. The van der Waals surface area contributed by atoms with Crippen LogP contribution in [0.5, 0.6) is 0 Å². The Labute approximate surface area is 287 Å². The van der Waals surface area contributed by atoms with Gasteiger partial charge in [0.05, 0.1) is 23.0 Å². The number of fused-ring (bicyclic) bond motifs is 2. The quantitative estimate of drug-likeness (QED) is 0.269. The molecule has 3 aliphatic rings. The van der Waals surface area contributed by atoms with E-state index in [4.69, 9.17) is 4.74 Å². The van der Waals surface area contributed by atoms with Gasteiger partial charge in [0.25, 0.3) is 5.91 Å². The van der Waals surface area contributed by atoms with Crippen LogP contribution in [0.2, 0.25) is 0 Å². The van der Waals surface area contributed by atoms with Gasteiger partial charge in [-0.25, -0.2) is 9.18 Å². The minimum absolute atomic E-state index is 0.0287. The minimum atomic E-state index is -0.649. The molecule has 0 unspecified atom stereocenters. The average molecular weight is 674 g/mol. The molecule has 262 valence electrons. The summed E-state index contributed by atoms with van der Waals surface area (Å²) in [5, 5.41) is 0.710. The number of benzene rings is 1. The summed E-state index contributed by atoms with van der Waals surface area (Å²) in [7, 11) is 0. The molecule has 0 N–H and O–H groups in total. The maximum absolute atomic E-state index is 14.7. The molecule has 3 atom stereocenters. The van der Waals surface area contributed by atoms with Crippen molar-refractivity contribution in [3.63, 3.8) is 0 Å². The summed E-state index contributed by atoms with van der Waals surface area (Å²) in [6.07, 6.45) is 4.79. The van der Waals surface area contributed by atoms with Crippen LogP contribution < -0.4 is 0 Å². The Morgan fingerprint density at radius 3 is 2.33 bits per heavy atom. The Balaban J connectivity index is 1.26. The highest BCUT2D eigenvalue weighted by atomic mass is 19.1. The molecule has 1 aromatic carbocycles. The molecule has 2 saturated heterocycles. The third-order valence-electron chi connectivity index (χ3n) is 10.2. The number of hydrogen-bond donors (Lipinski definition) is 0. The molecule has 0 radical (unpaired) electrons. The number of aromatic nitrogens is 2. The zero-order chi connectivity index (χ0) is 35.5. The Morgan fingerprint density at radius 1 is 1.02 bits per heavy atom. The van der Waals surface area contributed by atoms with Gasteiger partial charge in [-0.3, -0.25) is 24.3 Å². The lowest BCUT2D eigenvalue weighted by atomic mass is 9.87. The molecule has 1 saturated carbocycles. The number of ether oxygens (including phenoxy) is 1. The molecule has 49 heavy (non-hydrogen) atoms. The number of carbonyl (C=O) groups is 4. The van der Waals surface area contributed by atoms with E-state index >= 15 is 0 Å². The number of halogens is 1. The average Bonchev–Trinajstić information content (AvgIpc) is 3.59. The van der Waals surface area contributed by atoms with Crippen molar-refractivity contribution in [1.82, 2.24) is 24.3 Å². The first-order valence-corrected chi connectivity index (χ1v) is 17.5. The Hall–Kier alpha value is -4.28. The standard InChI is InChI=1S/C38H48FN5O5/c1-21(2)43(22(3)4)35(46)29-18-26(39)9-10-30(29)44-23(5)32(27-11-14-40-19-31(27)44)34(45)24-12-15-41(16-13-24)36(47)33-28-17-25(28)20-42(33)37(48)49-38(6,7)8/h9-11,14,18-19,21-22,24-25,28,33H,12-13,15-17,20H2,1-8H3/t25-,28-,33-/m0/s1. The summed E-state index contributed by atoms with van der Waals surface area (Å²) < 4.78 is 22.2. The van der Waals surface area contributed by atoms with Crippen molar-refractivity contribution in [3.8, 4) is 5.69 Å². The second-order valence-electron chi connectivity index (χ2n) is 15.5. The van der Waals surface area contributed by atoms with Gasteiger partial charge in [-0.1, -0.05) is 0 Å². The molecule has 10 nitrogen and oxygen atoms in total. The highest BCUT2D eigenvalue weighted by Gasteiger charge is 2.58. The number of nitrogens with zero attached hydrogens (tertiary/aromatic N) is 5. The topological polar surface area (TPSA) is 105 Å². The zero-order valence-corrected chi connectivity index (χ0v) is 29.8. The number of piperidine rings is 2. The molecular weight excluding hydrogens is 625 g/mol. The van der Waals surface area contributed by atoms with Crippen molar-refractivity contribution < 1.29 is 28.3 Å². The van der Waals surface area contributed by atoms with Crippen LogP contribution in [0.15, 0.2) is 36.7 Å². The normalized spacial score (nSPS) is 21.0. The largest absolute Gasteiger partial charge is 0.444 e. The second-order valence-corrected chi connectivity index (χ2v) is 15.5. The summed E-state index contributed by atoms with van der Waals surface area (Å²) in [5.74, 6) is -0.719. The number of pyridine rings is 1. The third-order valence-corrected chi connectivity index (χ3v) is 10.2. The number of amides is 3. The number of ketones is 1. The Morgan fingerprint density at radius 2 is 1.69 bits per heavy atom. The molecule has 3 fully saturated rings. The van der Waals surface area contributed by atoms with E-state index in [0.29, 0.717) is 66.2 Å². The van der Waals surface area contributed by atoms with Crippen molar-refractivity contribution in [2.45, 2.75) is 98.4 Å². The lowest BCUT2D eigenvalue weighted by Gasteiger charge is -2.36. The zero-order valence-electron chi connectivity index (χ0n) is 29.8. The van der Waals surface area contributed by atoms with E-state index in [9.17, 15) is 23.6 Å². The van der Waals surface area contributed by atoms with Gasteiger partial charge < -0.3 is 19.1 Å². The number of carbonyl (C=O) groups excluding carboxylic acids is 4. The maximum Gasteiger partial charge on any atom is 0.410 e. The molecule has 4 heterocycles. The number of hydrogen-bond acceptors (Lipinski definition) is 6. The van der Waals surface area contributed by atoms with Crippen LogP contribution in [0, 0.1) is 30.5 Å². The summed E-state index contributed by atoms with van der Waals surface area (Å²) in [4.78, 5) is 64.6. The molecule has 6 rings (SSSR count). The fourth-order valence-electron chi connectivity index (χ4n) is 8.01. The van der Waals surface area contributed by atoms with Gasteiger partial charge in [0.1, 0.15) is 17.5 Å². The first kappa shape index (κ1) is 34.6. The van der Waals surface area contributed by atoms with Gasteiger partial charge in [0.2, 0.25) is 5.91 Å². The van der Waals surface area contributed by atoms with Crippen LogP contribution in [-0.2, 0) is 9.53 Å². The highest BCUT2D eigenvalue weighted by Crippen LogP contribution is 2.50.